The van der Waals surface area contributed by atoms with E-state index < -0.39 is 10.0 Å². The van der Waals surface area contributed by atoms with E-state index in [9.17, 15) is 8.42 Å². The lowest BCUT2D eigenvalue weighted by molar-refractivity contribution is 0.568. The second-order valence-corrected chi connectivity index (χ2v) is 8.08. The highest BCUT2D eigenvalue weighted by Crippen LogP contribution is 2.24. The number of halogens is 1. The van der Waals surface area contributed by atoms with E-state index in [1.165, 1.54) is 12.3 Å². The van der Waals surface area contributed by atoms with Crippen molar-refractivity contribution in [1.29, 1.82) is 0 Å². The summed E-state index contributed by atoms with van der Waals surface area (Å²) in [6.07, 6.45) is 2.88. The van der Waals surface area contributed by atoms with Crippen LogP contribution in [0.1, 0.15) is 22.7 Å². The molecule has 2 aromatic rings. The number of sulfonamides is 1. The Bertz CT molecular complexity index is 683. The van der Waals surface area contributed by atoms with Gasteiger partial charge in [-0.3, -0.25) is 4.98 Å². The standard InChI is InChI=1S/C12H13BrN2O2S2/c1-8-3-4-12(18-8)9(2)15-19(16,17)11-5-10(13)6-14-7-11/h3-7,9,15H,1-2H3. The maximum absolute atomic E-state index is 12.2. The van der Waals surface area contributed by atoms with E-state index in [0.717, 1.165) is 9.75 Å². The molecule has 102 valence electrons. The average Bonchev–Trinajstić information content (AvgIpc) is 2.75. The number of hydrogen-bond acceptors (Lipinski definition) is 4. The summed E-state index contributed by atoms with van der Waals surface area (Å²) in [5, 5.41) is 0. The van der Waals surface area contributed by atoms with Gasteiger partial charge in [-0.15, -0.1) is 11.3 Å². The van der Waals surface area contributed by atoms with Gasteiger partial charge in [0.1, 0.15) is 4.90 Å². The fraction of sp³-hybridized carbons (Fsp3) is 0.250. The number of aromatic nitrogens is 1. The van der Waals surface area contributed by atoms with Gasteiger partial charge in [0, 0.05) is 26.6 Å². The summed E-state index contributed by atoms with van der Waals surface area (Å²) in [6, 6.07) is 5.18. The smallest absolute Gasteiger partial charge is 0.242 e. The summed E-state index contributed by atoms with van der Waals surface area (Å²) >= 11 is 4.80. The van der Waals surface area contributed by atoms with Gasteiger partial charge in [0.15, 0.2) is 0 Å². The molecule has 0 saturated heterocycles. The Labute approximate surface area is 125 Å². The maximum Gasteiger partial charge on any atom is 0.242 e. The van der Waals surface area contributed by atoms with E-state index in [1.54, 1.807) is 17.5 Å². The van der Waals surface area contributed by atoms with Crippen LogP contribution in [0.25, 0.3) is 0 Å². The Morgan fingerprint density at radius 1 is 1.37 bits per heavy atom. The second-order valence-electron chi connectivity index (χ2n) is 4.13. The summed E-state index contributed by atoms with van der Waals surface area (Å²) in [4.78, 5) is 6.17. The molecule has 7 heteroatoms. The molecule has 1 N–H and O–H groups in total. The molecular weight excluding hydrogens is 348 g/mol. The third-order valence-electron chi connectivity index (χ3n) is 2.51. The fourth-order valence-corrected chi connectivity index (χ4v) is 4.27. The van der Waals surface area contributed by atoms with Gasteiger partial charge in [-0.1, -0.05) is 0 Å². The first kappa shape index (κ1) is 14.6. The van der Waals surface area contributed by atoms with Crippen molar-refractivity contribution in [2.24, 2.45) is 0 Å². The van der Waals surface area contributed by atoms with Crippen molar-refractivity contribution in [3.05, 3.63) is 44.8 Å². The van der Waals surface area contributed by atoms with E-state index >= 15 is 0 Å². The Hall–Kier alpha value is -0.760. The second kappa shape index (κ2) is 5.70. The molecule has 2 aromatic heterocycles. The molecule has 1 atom stereocenters. The van der Waals surface area contributed by atoms with Gasteiger partial charge in [0.25, 0.3) is 0 Å². The molecule has 0 saturated carbocycles. The quantitative estimate of drug-likeness (QED) is 0.910. The molecule has 0 aliphatic heterocycles. The van der Waals surface area contributed by atoms with Crippen LogP contribution >= 0.6 is 27.3 Å². The molecule has 2 heterocycles. The van der Waals surface area contributed by atoms with Crippen LogP contribution in [0.2, 0.25) is 0 Å². The molecule has 0 aliphatic carbocycles. The van der Waals surface area contributed by atoms with E-state index in [0.29, 0.717) is 4.47 Å². The number of pyridine rings is 1. The number of hydrogen-bond donors (Lipinski definition) is 1. The molecule has 0 aromatic carbocycles. The predicted molar refractivity (Wildman–Crippen MR) is 79.7 cm³/mol. The first-order valence-corrected chi connectivity index (χ1v) is 8.67. The van der Waals surface area contributed by atoms with Crippen LogP contribution in [0.4, 0.5) is 0 Å². The van der Waals surface area contributed by atoms with E-state index in [-0.39, 0.29) is 10.9 Å². The molecule has 0 bridgehead atoms. The van der Waals surface area contributed by atoms with Gasteiger partial charge in [0.2, 0.25) is 10.0 Å². The normalized spacial score (nSPS) is 13.4. The minimum absolute atomic E-state index is 0.155. The summed E-state index contributed by atoms with van der Waals surface area (Å²) in [5.74, 6) is 0. The van der Waals surface area contributed by atoms with Gasteiger partial charge in [-0.25, -0.2) is 13.1 Å². The van der Waals surface area contributed by atoms with Gasteiger partial charge in [-0.2, -0.15) is 0 Å². The molecule has 19 heavy (non-hydrogen) atoms. The van der Waals surface area contributed by atoms with Crippen LogP contribution < -0.4 is 4.72 Å². The summed E-state index contributed by atoms with van der Waals surface area (Å²) < 4.78 is 27.7. The van der Waals surface area contributed by atoms with Gasteiger partial charge < -0.3 is 0 Å². The average molecular weight is 361 g/mol. The number of nitrogens with zero attached hydrogens (tertiary/aromatic N) is 1. The first-order chi connectivity index (χ1) is 8.88. The van der Waals surface area contributed by atoms with Crippen LogP contribution in [0.15, 0.2) is 40.0 Å². The number of thiophene rings is 1. The van der Waals surface area contributed by atoms with Crippen molar-refractivity contribution in [3.63, 3.8) is 0 Å². The molecule has 0 spiro atoms. The third kappa shape index (κ3) is 3.62. The Morgan fingerprint density at radius 2 is 2.11 bits per heavy atom. The number of aryl methyl sites for hydroxylation is 1. The molecule has 1 unspecified atom stereocenters. The summed E-state index contributed by atoms with van der Waals surface area (Å²) in [7, 11) is -3.56. The molecule has 4 nitrogen and oxygen atoms in total. The monoisotopic (exact) mass is 360 g/mol. The predicted octanol–water partition coefficient (Wildman–Crippen LogP) is 3.25. The zero-order valence-electron chi connectivity index (χ0n) is 10.4. The van der Waals surface area contributed by atoms with Crippen LogP contribution in [0.3, 0.4) is 0 Å². The Morgan fingerprint density at radius 3 is 2.68 bits per heavy atom. The first-order valence-electron chi connectivity index (χ1n) is 5.58. The van der Waals surface area contributed by atoms with Crippen molar-refractivity contribution in [2.75, 3.05) is 0 Å². The summed E-state index contributed by atoms with van der Waals surface area (Å²) in [6.45, 7) is 3.82. The largest absolute Gasteiger partial charge is 0.262 e. The Kier molecular flexibility index (Phi) is 4.39. The van der Waals surface area contributed by atoms with Gasteiger partial charge >= 0.3 is 0 Å². The minimum atomic E-state index is -3.56. The zero-order chi connectivity index (χ0) is 14.0. The van der Waals surface area contributed by atoms with Crippen LogP contribution in [0, 0.1) is 6.92 Å². The van der Waals surface area contributed by atoms with Crippen LogP contribution in [-0.4, -0.2) is 13.4 Å². The highest BCUT2D eigenvalue weighted by atomic mass is 79.9. The highest BCUT2D eigenvalue weighted by molar-refractivity contribution is 9.10. The number of nitrogens with one attached hydrogen (secondary N) is 1. The Balaban J connectivity index is 2.22. The lowest BCUT2D eigenvalue weighted by Crippen LogP contribution is -2.26. The van der Waals surface area contributed by atoms with Crippen LogP contribution in [-0.2, 0) is 10.0 Å². The maximum atomic E-state index is 12.2. The van der Waals surface area contributed by atoms with Crippen molar-refractivity contribution in [2.45, 2.75) is 24.8 Å². The van der Waals surface area contributed by atoms with Gasteiger partial charge in [-0.05, 0) is 48.0 Å². The van der Waals surface area contributed by atoms with Gasteiger partial charge in [0.05, 0.1) is 6.04 Å². The van der Waals surface area contributed by atoms with Crippen molar-refractivity contribution in [3.8, 4) is 0 Å². The lowest BCUT2D eigenvalue weighted by Gasteiger charge is -2.12. The third-order valence-corrected chi connectivity index (χ3v) is 5.63. The van der Waals surface area contributed by atoms with E-state index in [2.05, 4.69) is 25.6 Å². The molecular formula is C12H13BrN2O2S2. The minimum Gasteiger partial charge on any atom is -0.262 e. The van der Waals surface area contributed by atoms with Crippen LogP contribution in [0.5, 0.6) is 0 Å². The molecule has 0 aliphatic rings. The zero-order valence-corrected chi connectivity index (χ0v) is 13.6. The topological polar surface area (TPSA) is 59.1 Å². The van der Waals surface area contributed by atoms with Crippen molar-refractivity contribution in [1.82, 2.24) is 9.71 Å². The van der Waals surface area contributed by atoms with E-state index in [1.807, 2.05) is 26.0 Å². The SMILES string of the molecule is Cc1ccc(C(C)NS(=O)(=O)c2cncc(Br)c2)s1. The fourth-order valence-electron chi connectivity index (χ4n) is 1.58. The lowest BCUT2D eigenvalue weighted by atomic mass is 10.3. The van der Waals surface area contributed by atoms with Crippen molar-refractivity contribution < 1.29 is 8.42 Å². The molecule has 0 fully saturated rings. The highest BCUT2D eigenvalue weighted by Gasteiger charge is 2.19. The molecule has 0 amide bonds. The molecule has 0 radical (unpaired) electrons. The van der Waals surface area contributed by atoms with E-state index in [4.69, 9.17) is 0 Å². The van der Waals surface area contributed by atoms with Crippen molar-refractivity contribution >= 4 is 37.3 Å². The number of rotatable bonds is 4. The summed E-state index contributed by atoms with van der Waals surface area (Å²) in [5.41, 5.74) is 0. The molecule has 2 rings (SSSR count).